The molecule has 2 atom stereocenters. The Morgan fingerprint density at radius 2 is 2.04 bits per heavy atom. The molecule has 7 nitrogen and oxygen atoms in total. The van der Waals surface area contributed by atoms with Crippen molar-refractivity contribution in [1.82, 2.24) is 29.5 Å². The van der Waals surface area contributed by atoms with Gasteiger partial charge in [0.1, 0.15) is 18.0 Å². The largest absolute Gasteiger partial charge is 0.348 e. The number of aryl methyl sites for hydroxylation is 1. The van der Waals surface area contributed by atoms with Crippen LogP contribution in [-0.2, 0) is 6.54 Å². The van der Waals surface area contributed by atoms with Crippen LogP contribution in [0, 0.1) is 12.7 Å². The summed E-state index contributed by atoms with van der Waals surface area (Å²) >= 11 is 0. The van der Waals surface area contributed by atoms with Crippen LogP contribution in [0.2, 0.25) is 0 Å². The SMILES string of the molecule is Cc1cc(N2C3CC2CN(Cc2cncc(F)c2)C3)n2ncnc2n1. The van der Waals surface area contributed by atoms with Crippen molar-refractivity contribution >= 4 is 11.6 Å². The summed E-state index contributed by atoms with van der Waals surface area (Å²) in [4.78, 5) is 17.4. The third-order valence-electron chi connectivity index (χ3n) is 5.06. The average Bonchev–Trinajstić information content (AvgIpc) is 3.03. The van der Waals surface area contributed by atoms with E-state index < -0.39 is 0 Å². The van der Waals surface area contributed by atoms with Crippen molar-refractivity contribution in [2.45, 2.75) is 32.0 Å². The van der Waals surface area contributed by atoms with Crippen LogP contribution in [0.5, 0.6) is 0 Å². The lowest BCUT2D eigenvalue weighted by Gasteiger charge is -2.57. The maximum atomic E-state index is 13.3. The molecule has 0 saturated carbocycles. The van der Waals surface area contributed by atoms with Crippen molar-refractivity contribution in [1.29, 1.82) is 0 Å². The Bertz CT molecular complexity index is 928. The smallest absolute Gasteiger partial charge is 0.254 e. The zero-order valence-corrected chi connectivity index (χ0v) is 13.9. The minimum atomic E-state index is -0.276. The van der Waals surface area contributed by atoms with Gasteiger partial charge in [-0.05, 0) is 25.0 Å². The highest BCUT2D eigenvalue weighted by molar-refractivity contribution is 5.52. The standard InChI is InChI=1S/C17H18FN7/c1-11-2-16(25-17(22-11)20-10-21-25)24-14-4-15(24)9-23(8-14)7-12-3-13(18)6-19-5-12/h2-3,5-6,10,14-15H,4,7-9H2,1H3. The van der Waals surface area contributed by atoms with Crippen LogP contribution in [0.25, 0.3) is 5.78 Å². The molecular weight excluding hydrogens is 321 g/mol. The molecule has 6 rings (SSSR count). The number of hydrogen-bond donors (Lipinski definition) is 0. The van der Waals surface area contributed by atoms with E-state index >= 15 is 0 Å². The normalized spacial score (nSPS) is 23.0. The fraction of sp³-hybridized carbons (Fsp3) is 0.412. The van der Waals surface area contributed by atoms with Gasteiger partial charge in [-0.25, -0.2) is 9.37 Å². The van der Waals surface area contributed by atoms with E-state index in [1.165, 1.54) is 12.6 Å². The summed E-state index contributed by atoms with van der Waals surface area (Å²) < 4.78 is 15.2. The first kappa shape index (κ1) is 14.7. The van der Waals surface area contributed by atoms with E-state index in [4.69, 9.17) is 0 Å². The highest BCUT2D eigenvalue weighted by atomic mass is 19.1. The zero-order chi connectivity index (χ0) is 17.0. The summed E-state index contributed by atoms with van der Waals surface area (Å²) in [5, 5.41) is 4.32. The first-order chi connectivity index (χ1) is 12.2. The molecule has 2 unspecified atom stereocenters. The van der Waals surface area contributed by atoms with Gasteiger partial charge in [0.15, 0.2) is 0 Å². The molecule has 0 radical (unpaired) electrons. The van der Waals surface area contributed by atoms with E-state index in [0.29, 0.717) is 17.9 Å². The number of fused-ring (bicyclic) bond motifs is 3. The maximum Gasteiger partial charge on any atom is 0.254 e. The molecule has 3 aromatic heterocycles. The number of piperidine rings is 1. The molecule has 0 spiro atoms. The lowest BCUT2D eigenvalue weighted by atomic mass is 9.87. The second-order valence-electron chi connectivity index (χ2n) is 6.88. The van der Waals surface area contributed by atoms with Crippen molar-refractivity contribution in [3.05, 3.63) is 47.9 Å². The van der Waals surface area contributed by atoms with E-state index in [0.717, 1.165) is 36.7 Å². The van der Waals surface area contributed by atoms with Crippen molar-refractivity contribution in [2.24, 2.45) is 0 Å². The van der Waals surface area contributed by atoms with Crippen LogP contribution < -0.4 is 4.90 Å². The van der Waals surface area contributed by atoms with Gasteiger partial charge in [0.25, 0.3) is 5.78 Å². The van der Waals surface area contributed by atoms with Gasteiger partial charge in [-0.2, -0.15) is 14.6 Å². The predicted molar refractivity (Wildman–Crippen MR) is 89.7 cm³/mol. The Morgan fingerprint density at radius 1 is 1.20 bits per heavy atom. The number of rotatable bonds is 3. The minimum absolute atomic E-state index is 0.276. The number of halogens is 1. The van der Waals surface area contributed by atoms with E-state index in [2.05, 4.69) is 35.9 Å². The molecule has 3 saturated heterocycles. The van der Waals surface area contributed by atoms with Gasteiger partial charge in [0, 0.05) is 49.7 Å². The van der Waals surface area contributed by atoms with Gasteiger partial charge in [0.2, 0.25) is 0 Å². The second kappa shape index (κ2) is 5.45. The maximum absolute atomic E-state index is 13.3. The van der Waals surface area contributed by atoms with Crippen LogP contribution in [0.4, 0.5) is 10.2 Å². The number of aromatic nitrogens is 5. The highest BCUT2D eigenvalue weighted by Crippen LogP contribution is 2.37. The monoisotopic (exact) mass is 339 g/mol. The van der Waals surface area contributed by atoms with E-state index in [-0.39, 0.29) is 5.82 Å². The van der Waals surface area contributed by atoms with Gasteiger partial charge in [-0.15, -0.1) is 0 Å². The molecule has 8 heteroatoms. The summed E-state index contributed by atoms with van der Waals surface area (Å²) in [6.07, 6.45) is 5.71. The van der Waals surface area contributed by atoms with Crippen molar-refractivity contribution in [2.75, 3.05) is 18.0 Å². The van der Waals surface area contributed by atoms with Crippen molar-refractivity contribution in [3.63, 3.8) is 0 Å². The predicted octanol–water partition coefficient (Wildman–Crippen LogP) is 1.43. The third kappa shape index (κ3) is 2.44. The molecule has 3 fully saturated rings. The molecule has 0 amide bonds. The molecule has 3 aromatic rings. The Morgan fingerprint density at radius 3 is 2.84 bits per heavy atom. The fourth-order valence-electron chi connectivity index (χ4n) is 4.10. The first-order valence-corrected chi connectivity index (χ1v) is 8.45. The summed E-state index contributed by atoms with van der Waals surface area (Å²) in [6, 6.07) is 4.52. The van der Waals surface area contributed by atoms with Crippen molar-refractivity contribution in [3.8, 4) is 0 Å². The lowest BCUT2D eigenvalue weighted by Crippen LogP contribution is -2.69. The zero-order valence-electron chi connectivity index (χ0n) is 13.9. The summed E-state index contributed by atoms with van der Waals surface area (Å²) in [6.45, 7) is 4.62. The molecule has 0 aliphatic carbocycles. The van der Waals surface area contributed by atoms with E-state index in [1.54, 1.807) is 18.6 Å². The van der Waals surface area contributed by atoms with Gasteiger partial charge < -0.3 is 4.90 Å². The van der Waals surface area contributed by atoms with Gasteiger partial charge >= 0.3 is 0 Å². The molecule has 6 heterocycles. The topological polar surface area (TPSA) is 62.5 Å². The van der Waals surface area contributed by atoms with Crippen LogP contribution in [0.15, 0.2) is 30.9 Å². The van der Waals surface area contributed by atoms with Crippen LogP contribution in [-0.4, -0.2) is 54.6 Å². The molecule has 25 heavy (non-hydrogen) atoms. The quantitative estimate of drug-likeness (QED) is 0.719. The molecule has 2 bridgehead atoms. The van der Waals surface area contributed by atoms with Gasteiger partial charge in [-0.1, -0.05) is 0 Å². The number of nitrogens with zero attached hydrogens (tertiary/aromatic N) is 7. The Labute approximate surface area is 144 Å². The lowest BCUT2D eigenvalue weighted by molar-refractivity contribution is 0.107. The third-order valence-corrected chi connectivity index (χ3v) is 5.06. The summed E-state index contributed by atoms with van der Waals surface area (Å²) in [5.74, 6) is 1.43. The Kier molecular flexibility index (Phi) is 3.21. The number of pyridine rings is 1. The molecule has 3 aliphatic heterocycles. The van der Waals surface area contributed by atoms with Crippen LogP contribution >= 0.6 is 0 Å². The summed E-state index contributed by atoms with van der Waals surface area (Å²) in [5.41, 5.74) is 1.87. The minimum Gasteiger partial charge on any atom is -0.348 e. The van der Waals surface area contributed by atoms with Gasteiger partial charge in [-0.3, -0.25) is 9.88 Å². The number of hydrogen-bond acceptors (Lipinski definition) is 6. The summed E-state index contributed by atoms with van der Waals surface area (Å²) in [7, 11) is 0. The molecular formula is C17H18FN7. The average molecular weight is 339 g/mol. The fourth-order valence-corrected chi connectivity index (χ4v) is 4.10. The van der Waals surface area contributed by atoms with Crippen LogP contribution in [0.3, 0.4) is 0 Å². The molecule has 3 aliphatic rings. The molecule has 128 valence electrons. The Hall–Kier alpha value is -2.61. The second-order valence-corrected chi connectivity index (χ2v) is 6.88. The molecule has 0 aromatic carbocycles. The van der Waals surface area contributed by atoms with Crippen LogP contribution in [0.1, 0.15) is 17.7 Å². The first-order valence-electron chi connectivity index (χ1n) is 8.45. The van der Waals surface area contributed by atoms with Crippen molar-refractivity contribution < 1.29 is 4.39 Å². The van der Waals surface area contributed by atoms with Gasteiger partial charge in [0.05, 0.1) is 6.20 Å². The number of anilines is 1. The highest BCUT2D eigenvalue weighted by Gasteiger charge is 2.45. The van der Waals surface area contributed by atoms with E-state index in [9.17, 15) is 4.39 Å². The molecule has 0 N–H and O–H groups in total. The van der Waals surface area contributed by atoms with E-state index in [1.807, 2.05) is 11.4 Å². The Balaban J connectivity index is 1.37. The number of piperazine rings is 1.